The average molecular weight is 323 g/mol. The predicted octanol–water partition coefficient (Wildman–Crippen LogP) is 2.20. The van der Waals surface area contributed by atoms with E-state index in [2.05, 4.69) is 67.8 Å². The normalized spacial score (nSPS) is 17.8. The van der Waals surface area contributed by atoms with Gasteiger partial charge >= 0.3 is 0 Å². The van der Waals surface area contributed by atoms with Gasteiger partial charge in [-0.25, -0.2) is 0 Å². The van der Waals surface area contributed by atoms with Crippen LogP contribution in [0, 0.1) is 6.92 Å². The molecule has 0 heterocycles. The van der Waals surface area contributed by atoms with E-state index in [0.717, 1.165) is 25.8 Å². The molecule has 2 atom stereocenters. The largest absolute Gasteiger partial charge is 0.344 e. The molecule has 0 aromatic heterocycles. The number of amides is 1. The van der Waals surface area contributed by atoms with E-state index in [1.54, 1.807) is 0 Å². The summed E-state index contributed by atoms with van der Waals surface area (Å²) in [6.45, 7) is 3.47. The highest BCUT2D eigenvalue weighted by Crippen LogP contribution is 2.29. The quantitative estimate of drug-likeness (QED) is 0.869. The van der Waals surface area contributed by atoms with Gasteiger partial charge in [-0.1, -0.05) is 54.1 Å². The first-order valence-electron chi connectivity index (χ1n) is 8.86. The number of carbonyl (C=O) groups excluding carboxylic acids is 1. The summed E-state index contributed by atoms with van der Waals surface area (Å²) in [5, 5.41) is 3.24. The fourth-order valence-electron chi connectivity index (χ4n) is 3.54. The van der Waals surface area contributed by atoms with Gasteiger partial charge in [0.15, 0.2) is 6.54 Å². The molecule has 0 radical (unpaired) electrons. The maximum absolute atomic E-state index is 12.4. The molecule has 3 nitrogen and oxygen atoms in total. The molecule has 1 unspecified atom stereocenters. The van der Waals surface area contributed by atoms with Gasteiger partial charge in [-0.2, -0.15) is 0 Å². The zero-order chi connectivity index (χ0) is 16.9. The lowest BCUT2D eigenvalue weighted by Gasteiger charge is -2.26. The SMILES string of the molecule is Cc1ccc(C[NH+](C)CC(=O)N[C@@H]2CCCc3ccccc32)cc1. The number of quaternary nitrogens is 1. The van der Waals surface area contributed by atoms with Crippen LogP contribution < -0.4 is 10.2 Å². The third-order valence-corrected chi connectivity index (χ3v) is 4.79. The van der Waals surface area contributed by atoms with Crippen LogP contribution in [0.4, 0.5) is 0 Å². The van der Waals surface area contributed by atoms with Crippen LogP contribution in [0.3, 0.4) is 0 Å². The summed E-state index contributed by atoms with van der Waals surface area (Å²) in [6.07, 6.45) is 3.31. The highest BCUT2D eigenvalue weighted by Gasteiger charge is 2.22. The molecule has 3 rings (SSSR count). The van der Waals surface area contributed by atoms with Crippen molar-refractivity contribution in [2.75, 3.05) is 13.6 Å². The van der Waals surface area contributed by atoms with E-state index in [4.69, 9.17) is 0 Å². The third-order valence-electron chi connectivity index (χ3n) is 4.79. The summed E-state index contributed by atoms with van der Waals surface area (Å²) in [5.41, 5.74) is 5.22. The van der Waals surface area contributed by atoms with Crippen molar-refractivity contribution < 1.29 is 9.69 Å². The number of fused-ring (bicyclic) bond motifs is 1. The minimum absolute atomic E-state index is 0.140. The van der Waals surface area contributed by atoms with Gasteiger partial charge in [0.1, 0.15) is 6.54 Å². The number of likely N-dealkylation sites (N-methyl/N-ethyl adjacent to an activating group) is 1. The average Bonchev–Trinajstić information content (AvgIpc) is 2.57. The first kappa shape index (κ1) is 16.7. The molecule has 0 saturated heterocycles. The zero-order valence-electron chi connectivity index (χ0n) is 14.6. The molecule has 1 aliphatic rings. The first-order chi connectivity index (χ1) is 11.6. The molecule has 1 amide bonds. The minimum Gasteiger partial charge on any atom is -0.344 e. The predicted molar refractivity (Wildman–Crippen MR) is 96.9 cm³/mol. The van der Waals surface area contributed by atoms with Crippen molar-refractivity contribution in [1.29, 1.82) is 0 Å². The fourth-order valence-corrected chi connectivity index (χ4v) is 3.54. The second-order valence-electron chi connectivity index (χ2n) is 7.01. The van der Waals surface area contributed by atoms with Crippen LogP contribution in [-0.4, -0.2) is 19.5 Å². The first-order valence-corrected chi connectivity index (χ1v) is 8.86. The second kappa shape index (κ2) is 7.63. The smallest absolute Gasteiger partial charge is 0.275 e. The monoisotopic (exact) mass is 323 g/mol. The van der Waals surface area contributed by atoms with Crippen molar-refractivity contribution in [2.45, 2.75) is 38.8 Å². The van der Waals surface area contributed by atoms with Gasteiger partial charge in [-0.3, -0.25) is 4.79 Å². The molecular weight excluding hydrogens is 296 g/mol. The van der Waals surface area contributed by atoms with Crippen LogP contribution in [0.25, 0.3) is 0 Å². The number of nitrogens with one attached hydrogen (secondary N) is 2. The maximum Gasteiger partial charge on any atom is 0.275 e. The van der Waals surface area contributed by atoms with E-state index in [0.29, 0.717) is 6.54 Å². The molecule has 0 spiro atoms. The van der Waals surface area contributed by atoms with Crippen LogP contribution in [0.1, 0.15) is 41.1 Å². The number of carbonyl (C=O) groups is 1. The maximum atomic E-state index is 12.4. The third kappa shape index (κ3) is 4.24. The van der Waals surface area contributed by atoms with Gasteiger partial charge in [0.05, 0.1) is 13.1 Å². The molecular formula is C21H27N2O+. The summed E-state index contributed by atoms with van der Waals surface area (Å²) in [5.74, 6) is 0.140. The highest BCUT2D eigenvalue weighted by atomic mass is 16.2. The van der Waals surface area contributed by atoms with E-state index < -0.39 is 0 Å². The van der Waals surface area contributed by atoms with Gasteiger partial charge in [-0.15, -0.1) is 0 Å². The molecule has 2 aromatic carbocycles. The van der Waals surface area contributed by atoms with Gasteiger partial charge in [0.2, 0.25) is 0 Å². The second-order valence-corrected chi connectivity index (χ2v) is 7.01. The minimum atomic E-state index is 0.140. The van der Waals surface area contributed by atoms with Crippen LogP contribution >= 0.6 is 0 Å². The molecule has 1 aliphatic carbocycles. The van der Waals surface area contributed by atoms with Gasteiger partial charge in [-0.05, 0) is 37.3 Å². The van der Waals surface area contributed by atoms with Crippen molar-refractivity contribution in [3.63, 3.8) is 0 Å². The number of benzene rings is 2. The zero-order valence-corrected chi connectivity index (χ0v) is 14.6. The van der Waals surface area contributed by atoms with E-state index in [9.17, 15) is 4.79 Å². The standard InChI is InChI=1S/C21H26N2O/c1-16-10-12-17(13-11-16)14-23(2)15-21(24)22-20-9-5-7-18-6-3-4-8-19(18)20/h3-4,6,8,10-13,20H,5,7,9,14-15H2,1-2H3,(H,22,24)/p+1/t20-/m1/s1. The molecule has 0 saturated carbocycles. The van der Waals surface area contributed by atoms with Crippen molar-refractivity contribution in [2.24, 2.45) is 0 Å². The summed E-state index contributed by atoms with van der Waals surface area (Å²) < 4.78 is 0. The van der Waals surface area contributed by atoms with E-state index in [1.165, 1.54) is 27.2 Å². The van der Waals surface area contributed by atoms with E-state index in [1.807, 2.05) is 0 Å². The Morgan fingerprint density at radius 2 is 1.92 bits per heavy atom. The number of hydrogen-bond donors (Lipinski definition) is 2. The Morgan fingerprint density at radius 3 is 2.71 bits per heavy atom. The molecule has 0 bridgehead atoms. The van der Waals surface area contributed by atoms with Crippen molar-refractivity contribution in [3.05, 3.63) is 70.8 Å². The number of hydrogen-bond acceptors (Lipinski definition) is 1. The van der Waals surface area contributed by atoms with Crippen molar-refractivity contribution in [3.8, 4) is 0 Å². The van der Waals surface area contributed by atoms with Crippen LogP contribution in [0.15, 0.2) is 48.5 Å². The molecule has 126 valence electrons. The van der Waals surface area contributed by atoms with Crippen molar-refractivity contribution in [1.82, 2.24) is 5.32 Å². The lowest BCUT2D eigenvalue weighted by molar-refractivity contribution is -0.885. The summed E-state index contributed by atoms with van der Waals surface area (Å²) in [6, 6.07) is 17.2. The van der Waals surface area contributed by atoms with Gasteiger partial charge < -0.3 is 10.2 Å². The molecule has 2 aromatic rings. The molecule has 0 fully saturated rings. The van der Waals surface area contributed by atoms with Crippen LogP contribution in [-0.2, 0) is 17.8 Å². The topological polar surface area (TPSA) is 33.5 Å². The lowest BCUT2D eigenvalue weighted by atomic mass is 9.88. The van der Waals surface area contributed by atoms with Crippen LogP contribution in [0.2, 0.25) is 0 Å². The summed E-state index contributed by atoms with van der Waals surface area (Å²) >= 11 is 0. The summed E-state index contributed by atoms with van der Waals surface area (Å²) in [7, 11) is 2.08. The number of rotatable bonds is 5. The fraction of sp³-hybridized carbons (Fsp3) is 0.381. The Balaban J connectivity index is 1.55. The Labute approximate surface area is 144 Å². The molecule has 0 aliphatic heterocycles. The molecule has 24 heavy (non-hydrogen) atoms. The van der Waals surface area contributed by atoms with Gasteiger partial charge in [0.25, 0.3) is 5.91 Å². The Kier molecular flexibility index (Phi) is 5.31. The molecule has 3 heteroatoms. The molecule has 2 N–H and O–H groups in total. The Morgan fingerprint density at radius 1 is 1.17 bits per heavy atom. The van der Waals surface area contributed by atoms with Crippen LogP contribution in [0.5, 0.6) is 0 Å². The Hall–Kier alpha value is -2.13. The lowest BCUT2D eigenvalue weighted by Crippen LogP contribution is -3.08. The Bertz CT molecular complexity index is 693. The van der Waals surface area contributed by atoms with E-state index >= 15 is 0 Å². The highest BCUT2D eigenvalue weighted by molar-refractivity contribution is 5.77. The van der Waals surface area contributed by atoms with Crippen molar-refractivity contribution >= 4 is 5.91 Å². The van der Waals surface area contributed by atoms with Gasteiger partial charge in [0, 0.05) is 5.56 Å². The summed E-state index contributed by atoms with van der Waals surface area (Å²) in [4.78, 5) is 13.7. The number of aryl methyl sites for hydroxylation is 2. The van der Waals surface area contributed by atoms with E-state index in [-0.39, 0.29) is 11.9 Å².